The topological polar surface area (TPSA) is 480 Å². The average molecular weight is 720 g/mol. The summed E-state index contributed by atoms with van der Waals surface area (Å²) >= 11 is 0. The van der Waals surface area contributed by atoms with Crippen molar-refractivity contribution in [2.45, 2.75) is 0 Å². The molecule has 0 atom stereocenters. The Morgan fingerprint density at radius 1 is 0.680 bits per heavy atom. The number of aliphatic carboxylic acids is 1. The number of nitro groups is 6. The summed E-state index contributed by atoms with van der Waals surface area (Å²) in [6.07, 6.45) is 0. The Kier molecular flexibility index (Phi) is 16.7. The van der Waals surface area contributed by atoms with Crippen molar-refractivity contribution in [3.05, 3.63) is 85.0 Å². The van der Waals surface area contributed by atoms with Gasteiger partial charge in [-0.05, 0) is 0 Å². The monoisotopic (exact) mass is 720 g/mol. The first-order valence-corrected chi connectivity index (χ1v) is 11.9. The zero-order chi connectivity index (χ0) is 38.5. The molecule has 0 aliphatic carbocycles. The molecule has 0 radical (unpaired) electrons. The molecule has 50 heavy (non-hydrogen) atoms. The number of nitro benzene ring substituents is 6. The molecule has 0 fully saturated rings. The zero-order valence-corrected chi connectivity index (χ0v) is 25.0. The zero-order valence-electron chi connectivity index (χ0n) is 25.0. The molecule has 0 spiro atoms. The number of hydrogen-bond acceptors (Lipinski definition) is 18. The summed E-state index contributed by atoms with van der Waals surface area (Å²) in [6.45, 7) is -0.851. The van der Waals surface area contributed by atoms with Crippen LogP contribution in [0.3, 0.4) is 0 Å². The van der Waals surface area contributed by atoms with E-state index in [1.165, 1.54) is 14.1 Å². The number of rotatable bonds is 11. The predicted molar refractivity (Wildman–Crippen MR) is 160 cm³/mol. The van der Waals surface area contributed by atoms with Gasteiger partial charge in [-0.1, -0.05) is 0 Å². The highest BCUT2D eigenvalue weighted by atomic mass is 16.7. The number of nitrogens with zero attached hydrogens (tertiary/aromatic N) is 8. The van der Waals surface area contributed by atoms with Crippen LogP contribution in [0.2, 0.25) is 0 Å². The Bertz CT molecular complexity index is 1660. The number of nitrogens with one attached hydrogen (secondary N) is 2. The van der Waals surface area contributed by atoms with Crippen molar-refractivity contribution in [3.8, 4) is 11.5 Å². The van der Waals surface area contributed by atoms with Gasteiger partial charge in [0.25, 0.3) is 22.9 Å². The number of carbonyl (C=O) groups is 2. The van der Waals surface area contributed by atoms with Crippen molar-refractivity contribution in [1.29, 1.82) is 10.8 Å². The number of aromatic hydroxyl groups is 1. The van der Waals surface area contributed by atoms with Gasteiger partial charge >= 0.3 is 34.7 Å². The highest BCUT2D eigenvalue weighted by Gasteiger charge is 2.34. The van der Waals surface area contributed by atoms with Gasteiger partial charge in [0.05, 0.1) is 53.8 Å². The third-order valence-corrected chi connectivity index (χ3v) is 5.07. The number of carboxylic acids is 1. The fourth-order valence-electron chi connectivity index (χ4n) is 2.75. The highest BCUT2D eigenvalue weighted by molar-refractivity contribution is 5.84. The van der Waals surface area contributed by atoms with Crippen LogP contribution in [0.1, 0.15) is 0 Å². The Hall–Kier alpha value is -7.92. The maximum Gasteiger partial charge on any atom is 0.331 e. The first-order valence-electron chi connectivity index (χ1n) is 11.9. The van der Waals surface area contributed by atoms with Crippen molar-refractivity contribution >= 4 is 58.0 Å². The summed E-state index contributed by atoms with van der Waals surface area (Å²) in [6, 6.07) is 1.76. The van der Waals surface area contributed by atoms with E-state index in [9.17, 15) is 70.3 Å². The third kappa shape index (κ3) is 13.2. The molecule has 0 unspecified atom stereocenters. The summed E-state index contributed by atoms with van der Waals surface area (Å²) in [5.74, 6) is -5.18. The second-order valence-electron chi connectivity index (χ2n) is 8.54. The standard InChI is InChI=1S/C10H10N6O8.C6H3N3O7.C4H9N3O2.H2O/c1-13(10(11)12)4-8(17)24-9-6(15(20)21)2-5(14(18)19)3-7(9)16(22)23;10-6-4(8(13)14)1-3(7(11)12)2-5(6)9(15)16;1-7(4(5)6)2-3(8)9;/h2-3H,4H2,1H3,(H3,11,12);1-2,10H;2H2,1H3,(H3,5,6)(H,8,9);1H2. The predicted octanol–water partition coefficient (Wildman–Crippen LogP) is -0.670. The molecular weight excluding hydrogens is 696 g/mol. The van der Waals surface area contributed by atoms with Crippen LogP contribution in [0.15, 0.2) is 24.3 Å². The molecule has 0 saturated carbocycles. The quantitative estimate of drug-likeness (QED) is 0.0418. The molecule has 0 heterocycles. The molecule has 2 rings (SSSR count). The maximum absolute atomic E-state index is 11.7. The van der Waals surface area contributed by atoms with Crippen LogP contribution >= 0.6 is 0 Å². The molecule has 30 nitrogen and oxygen atoms in total. The number of likely N-dealkylation sites (N-methyl/N-ethyl adjacent to an activating group) is 2. The van der Waals surface area contributed by atoms with Gasteiger partial charge < -0.3 is 41.7 Å². The Morgan fingerprint density at radius 2 is 0.980 bits per heavy atom. The van der Waals surface area contributed by atoms with Crippen LogP contribution in [0.5, 0.6) is 11.5 Å². The minimum absolute atomic E-state index is 0. The van der Waals surface area contributed by atoms with E-state index in [-0.39, 0.29) is 18.0 Å². The van der Waals surface area contributed by atoms with Gasteiger partial charge in [-0.15, -0.1) is 0 Å². The Labute approximate surface area is 273 Å². The van der Waals surface area contributed by atoms with Crippen molar-refractivity contribution in [1.82, 2.24) is 9.80 Å². The lowest BCUT2D eigenvalue weighted by atomic mass is 10.2. The SMILES string of the molecule is CN(CC(=O)O)C(=N)N.CN(CC(=O)Oc1c([N+](=O)[O-])cc([N+](=O)[O-])cc1[N+](=O)[O-])C(=N)N.O.O=[N+]([O-])c1cc([N+](=O)[O-])c(O)c([N+](=O)[O-])c1. The first kappa shape index (κ1) is 44.2. The summed E-state index contributed by atoms with van der Waals surface area (Å²) in [4.78, 5) is 80.7. The summed E-state index contributed by atoms with van der Waals surface area (Å²) in [7, 11) is 2.68. The smallest absolute Gasteiger partial charge is 0.331 e. The summed E-state index contributed by atoms with van der Waals surface area (Å²) in [5.41, 5.74) is 3.89. The fraction of sp³-hybridized carbons (Fsp3) is 0.200. The van der Waals surface area contributed by atoms with Crippen LogP contribution in [0.25, 0.3) is 0 Å². The van der Waals surface area contributed by atoms with Crippen molar-refractivity contribution in [2.24, 2.45) is 11.5 Å². The number of phenols is 1. The molecular formula is C20H24N12O18. The van der Waals surface area contributed by atoms with E-state index >= 15 is 0 Å². The Balaban J connectivity index is 0. The van der Waals surface area contributed by atoms with Gasteiger partial charge in [-0.2, -0.15) is 0 Å². The summed E-state index contributed by atoms with van der Waals surface area (Å²) in [5, 5.41) is 94.8. The van der Waals surface area contributed by atoms with Crippen LogP contribution < -0.4 is 16.2 Å². The molecule has 0 amide bonds. The molecule has 0 bridgehead atoms. The lowest BCUT2D eigenvalue weighted by Crippen LogP contribution is -2.38. The number of nitrogens with two attached hydrogens (primary N) is 2. The first-order chi connectivity index (χ1) is 22.4. The Morgan fingerprint density at radius 3 is 1.22 bits per heavy atom. The van der Waals surface area contributed by atoms with Crippen molar-refractivity contribution in [2.75, 3.05) is 27.2 Å². The number of guanidine groups is 2. The van der Waals surface area contributed by atoms with Crippen molar-refractivity contribution in [3.63, 3.8) is 0 Å². The number of hydrogen-bond donors (Lipinski definition) is 6. The van der Waals surface area contributed by atoms with E-state index in [4.69, 9.17) is 32.5 Å². The lowest BCUT2D eigenvalue weighted by molar-refractivity contribution is -0.404. The fourth-order valence-corrected chi connectivity index (χ4v) is 2.75. The van der Waals surface area contributed by atoms with E-state index in [2.05, 4.69) is 4.74 Å². The molecule has 0 saturated heterocycles. The van der Waals surface area contributed by atoms with Gasteiger partial charge in [0.15, 0.2) is 11.9 Å². The van der Waals surface area contributed by atoms with Crippen LogP contribution in [-0.2, 0) is 9.59 Å². The van der Waals surface area contributed by atoms with Crippen LogP contribution in [0.4, 0.5) is 34.1 Å². The summed E-state index contributed by atoms with van der Waals surface area (Å²) < 4.78 is 4.62. The number of benzene rings is 2. The second kappa shape index (κ2) is 18.9. The molecule has 30 heteroatoms. The number of ether oxygens (including phenoxy) is 1. The second-order valence-corrected chi connectivity index (χ2v) is 8.54. The number of esters is 1. The molecule has 272 valence electrons. The van der Waals surface area contributed by atoms with E-state index < -0.39 is 99.6 Å². The molecule has 10 N–H and O–H groups in total. The molecule has 2 aromatic carbocycles. The van der Waals surface area contributed by atoms with E-state index in [1.807, 2.05) is 0 Å². The highest BCUT2D eigenvalue weighted by Crippen LogP contribution is 2.41. The van der Waals surface area contributed by atoms with E-state index in [1.54, 1.807) is 0 Å². The minimum atomic E-state index is -1.21. The van der Waals surface area contributed by atoms with Gasteiger partial charge in [0.1, 0.15) is 13.1 Å². The van der Waals surface area contributed by atoms with Gasteiger partial charge in [-0.3, -0.25) is 76.3 Å². The number of carboxylic acid groups (broad SMARTS) is 1. The van der Waals surface area contributed by atoms with Gasteiger partial charge in [-0.25, -0.2) is 4.79 Å². The van der Waals surface area contributed by atoms with E-state index in [0.717, 1.165) is 9.80 Å². The molecule has 0 aliphatic heterocycles. The van der Waals surface area contributed by atoms with Crippen LogP contribution in [-0.4, -0.2) is 106 Å². The average Bonchev–Trinajstić information content (AvgIpc) is 2.96. The minimum Gasteiger partial charge on any atom is -0.497 e. The lowest BCUT2D eigenvalue weighted by Gasteiger charge is -2.15. The number of carbonyl (C=O) groups excluding carboxylic acids is 1. The van der Waals surface area contributed by atoms with Gasteiger partial charge in [0, 0.05) is 14.1 Å². The van der Waals surface area contributed by atoms with Gasteiger partial charge in [0.2, 0.25) is 0 Å². The maximum atomic E-state index is 11.7. The molecule has 0 aliphatic rings. The number of non-ortho nitro benzene ring substituents is 2. The van der Waals surface area contributed by atoms with E-state index in [0.29, 0.717) is 24.3 Å². The number of phenolic OH excluding ortho intramolecular Hbond substituents is 1. The largest absolute Gasteiger partial charge is 0.497 e. The third-order valence-electron chi connectivity index (χ3n) is 5.07. The van der Waals surface area contributed by atoms with Crippen LogP contribution in [0, 0.1) is 71.5 Å². The molecule has 2 aromatic rings. The van der Waals surface area contributed by atoms with Crippen molar-refractivity contribution < 1.29 is 59.6 Å². The normalized spacial score (nSPS) is 9.40. The molecule has 0 aromatic heterocycles.